The van der Waals surface area contributed by atoms with Gasteiger partial charge in [0.15, 0.2) is 0 Å². The van der Waals surface area contributed by atoms with Gasteiger partial charge in [-0.3, -0.25) is 9.59 Å². The molecule has 2 saturated heterocycles. The second-order valence-corrected chi connectivity index (χ2v) is 11.0. The van der Waals surface area contributed by atoms with Crippen LogP contribution in [-0.4, -0.2) is 66.6 Å². The Labute approximate surface area is 196 Å². The Hall–Kier alpha value is -2.71. The highest BCUT2D eigenvalue weighted by atomic mass is 32.2. The average Bonchev–Trinajstić information content (AvgIpc) is 2.80. The van der Waals surface area contributed by atoms with E-state index in [1.807, 2.05) is 50.2 Å². The second kappa shape index (κ2) is 9.27. The maximum Gasteiger partial charge on any atom is 0.312 e. The van der Waals surface area contributed by atoms with Crippen molar-refractivity contribution in [1.82, 2.24) is 14.1 Å². The summed E-state index contributed by atoms with van der Waals surface area (Å²) in [7, 11) is -3.59. The topological polar surface area (TPSA) is 78.0 Å². The molecule has 2 aromatic rings. The molecule has 2 aliphatic heterocycles. The highest BCUT2D eigenvalue weighted by Gasteiger charge is 2.39. The highest BCUT2D eigenvalue weighted by molar-refractivity contribution is 7.89. The van der Waals surface area contributed by atoms with Gasteiger partial charge in [-0.15, -0.1) is 0 Å². The van der Waals surface area contributed by atoms with Crippen molar-refractivity contribution < 1.29 is 18.0 Å². The van der Waals surface area contributed by atoms with E-state index in [0.29, 0.717) is 50.5 Å². The van der Waals surface area contributed by atoms with Crippen molar-refractivity contribution in [1.29, 1.82) is 0 Å². The molecule has 0 saturated carbocycles. The smallest absolute Gasteiger partial charge is 0.312 e. The zero-order chi connectivity index (χ0) is 23.8. The van der Waals surface area contributed by atoms with E-state index in [1.165, 1.54) is 4.31 Å². The Morgan fingerprint density at radius 2 is 1.45 bits per heavy atom. The number of nitrogens with zero attached hydrogens (tertiary/aromatic N) is 3. The molecular formula is C25H31N3O4S. The number of rotatable bonds is 5. The fourth-order valence-corrected chi connectivity index (χ4v) is 6.40. The van der Waals surface area contributed by atoms with E-state index in [1.54, 1.807) is 22.8 Å². The molecule has 0 atom stereocenters. The molecule has 7 nitrogen and oxygen atoms in total. The molecular weight excluding hydrogens is 438 g/mol. The number of hydrogen-bond acceptors (Lipinski definition) is 4. The highest BCUT2D eigenvalue weighted by Crippen LogP contribution is 2.27. The summed E-state index contributed by atoms with van der Waals surface area (Å²) in [5.41, 5.74) is 3.78. The fourth-order valence-electron chi connectivity index (χ4n) is 4.62. The molecule has 0 radical (unpaired) electrons. The van der Waals surface area contributed by atoms with E-state index >= 15 is 0 Å². The van der Waals surface area contributed by atoms with Crippen LogP contribution in [0.15, 0.2) is 47.4 Å². The van der Waals surface area contributed by atoms with Gasteiger partial charge in [0.25, 0.3) is 0 Å². The molecule has 33 heavy (non-hydrogen) atoms. The Bertz CT molecular complexity index is 1150. The summed E-state index contributed by atoms with van der Waals surface area (Å²) in [6, 6.07) is 13.3. The lowest BCUT2D eigenvalue weighted by Gasteiger charge is -2.41. The molecule has 176 valence electrons. The molecule has 2 fully saturated rings. The monoisotopic (exact) mass is 469 g/mol. The van der Waals surface area contributed by atoms with Gasteiger partial charge >= 0.3 is 11.8 Å². The number of hydrogen-bond donors (Lipinski definition) is 0. The van der Waals surface area contributed by atoms with Crippen LogP contribution >= 0.6 is 0 Å². The largest absolute Gasteiger partial charge is 0.330 e. The summed E-state index contributed by atoms with van der Waals surface area (Å²) in [6.45, 7) is 7.76. The SMILES string of the molecule is Cc1ccc(CN2CCN(C3CCN(S(=O)(=O)c4cc(C)ccc4C)CC3)C(=O)C2=O)cc1. The molecule has 2 heterocycles. The first-order valence-corrected chi connectivity index (χ1v) is 12.8. The predicted molar refractivity (Wildman–Crippen MR) is 126 cm³/mol. The average molecular weight is 470 g/mol. The molecule has 2 aliphatic rings. The molecule has 0 N–H and O–H groups in total. The van der Waals surface area contributed by atoms with E-state index in [0.717, 1.165) is 22.3 Å². The van der Waals surface area contributed by atoms with Crippen LogP contribution in [-0.2, 0) is 26.2 Å². The fraction of sp³-hybridized carbons (Fsp3) is 0.440. The van der Waals surface area contributed by atoms with Gasteiger partial charge in [0, 0.05) is 38.8 Å². The summed E-state index contributed by atoms with van der Waals surface area (Å²) in [5, 5.41) is 0. The maximum atomic E-state index is 13.2. The zero-order valence-corrected chi connectivity index (χ0v) is 20.3. The van der Waals surface area contributed by atoms with Crippen molar-refractivity contribution in [3.63, 3.8) is 0 Å². The summed E-state index contributed by atoms with van der Waals surface area (Å²) < 4.78 is 27.9. The van der Waals surface area contributed by atoms with Gasteiger partial charge in [-0.2, -0.15) is 4.31 Å². The van der Waals surface area contributed by atoms with Crippen LogP contribution < -0.4 is 0 Å². The third-order valence-corrected chi connectivity index (χ3v) is 8.70. The number of piperazine rings is 1. The molecule has 2 aromatic carbocycles. The molecule has 8 heteroatoms. The molecule has 0 aromatic heterocycles. The van der Waals surface area contributed by atoms with Gasteiger partial charge in [0.2, 0.25) is 10.0 Å². The lowest BCUT2D eigenvalue weighted by atomic mass is 10.0. The summed E-state index contributed by atoms with van der Waals surface area (Å²) in [6.07, 6.45) is 1.06. The van der Waals surface area contributed by atoms with Crippen LogP contribution in [0.25, 0.3) is 0 Å². The normalized spacial score (nSPS) is 18.8. The van der Waals surface area contributed by atoms with Crippen LogP contribution in [0.1, 0.15) is 35.1 Å². The second-order valence-electron chi connectivity index (χ2n) is 9.12. The van der Waals surface area contributed by atoms with E-state index < -0.39 is 21.8 Å². The van der Waals surface area contributed by atoms with Crippen molar-refractivity contribution in [2.24, 2.45) is 0 Å². The Kier molecular flexibility index (Phi) is 6.59. The first-order valence-electron chi connectivity index (χ1n) is 11.4. The van der Waals surface area contributed by atoms with Gasteiger partial charge in [-0.25, -0.2) is 8.42 Å². The summed E-state index contributed by atoms with van der Waals surface area (Å²) >= 11 is 0. The van der Waals surface area contributed by atoms with E-state index in [9.17, 15) is 18.0 Å². The van der Waals surface area contributed by atoms with Crippen LogP contribution in [0.4, 0.5) is 0 Å². The Balaban J connectivity index is 1.38. The van der Waals surface area contributed by atoms with Crippen LogP contribution in [0.3, 0.4) is 0 Å². The lowest BCUT2D eigenvalue weighted by molar-refractivity contribution is -0.158. The molecule has 0 unspecified atom stereocenters. The predicted octanol–water partition coefficient (Wildman–Crippen LogP) is 2.64. The third kappa shape index (κ3) is 4.82. The Morgan fingerprint density at radius 3 is 2.12 bits per heavy atom. The van der Waals surface area contributed by atoms with Crippen LogP contribution in [0.5, 0.6) is 0 Å². The number of amides is 2. The van der Waals surface area contributed by atoms with E-state index in [-0.39, 0.29) is 6.04 Å². The zero-order valence-electron chi connectivity index (χ0n) is 19.5. The van der Waals surface area contributed by atoms with Gasteiger partial charge in [-0.1, -0.05) is 42.0 Å². The number of carbonyl (C=O) groups is 2. The minimum absolute atomic E-state index is 0.118. The van der Waals surface area contributed by atoms with Gasteiger partial charge < -0.3 is 9.80 Å². The minimum atomic E-state index is -3.59. The molecule has 0 spiro atoms. The summed E-state index contributed by atoms with van der Waals surface area (Å²) in [4.78, 5) is 29.2. The molecule has 0 bridgehead atoms. The first-order chi connectivity index (χ1) is 15.7. The first kappa shape index (κ1) is 23.4. The standard InChI is InChI=1S/C25H31N3O4S/c1-18-5-8-21(9-6-18)17-26-14-15-28(25(30)24(26)29)22-10-12-27(13-11-22)33(31,32)23-16-19(2)4-7-20(23)3/h4-9,16,22H,10-15,17H2,1-3H3. The third-order valence-electron chi connectivity index (χ3n) is 6.66. The quantitative estimate of drug-likeness (QED) is 0.631. The number of benzene rings is 2. The van der Waals surface area contributed by atoms with Gasteiger partial charge in [-0.05, 0) is 56.4 Å². The molecule has 4 rings (SSSR count). The number of carbonyl (C=O) groups excluding carboxylic acids is 2. The number of piperidine rings is 1. The molecule has 0 aliphatic carbocycles. The van der Waals surface area contributed by atoms with E-state index in [4.69, 9.17) is 0 Å². The van der Waals surface area contributed by atoms with Gasteiger partial charge in [0.05, 0.1) is 4.90 Å². The van der Waals surface area contributed by atoms with Crippen molar-refractivity contribution in [3.05, 3.63) is 64.7 Å². The van der Waals surface area contributed by atoms with Crippen molar-refractivity contribution >= 4 is 21.8 Å². The van der Waals surface area contributed by atoms with Crippen molar-refractivity contribution in [3.8, 4) is 0 Å². The van der Waals surface area contributed by atoms with E-state index in [2.05, 4.69) is 0 Å². The lowest BCUT2D eigenvalue weighted by Crippen LogP contribution is -2.58. The number of aryl methyl sites for hydroxylation is 3. The summed E-state index contributed by atoms with van der Waals surface area (Å²) in [5.74, 6) is -0.962. The van der Waals surface area contributed by atoms with Crippen molar-refractivity contribution in [2.45, 2.75) is 51.1 Å². The molecule has 2 amide bonds. The maximum absolute atomic E-state index is 13.2. The number of sulfonamides is 1. The van der Waals surface area contributed by atoms with Crippen molar-refractivity contribution in [2.75, 3.05) is 26.2 Å². The van der Waals surface area contributed by atoms with Crippen LogP contribution in [0.2, 0.25) is 0 Å². The minimum Gasteiger partial charge on any atom is -0.330 e. The van der Waals surface area contributed by atoms with Gasteiger partial charge in [0.1, 0.15) is 0 Å². The Morgan fingerprint density at radius 1 is 0.818 bits per heavy atom. The van der Waals surface area contributed by atoms with Crippen LogP contribution in [0, 0.1) is 20.8 Å².